The molecule has 4 aliphatic carbocycles. The number of hydrogen-bond acceptors (Lipinski definition) is 1. The van der Waals surface area contributed by atoms with E-state index in [4.69, 9.17) is 0 Å². The van der Waals surface area contributed by atoms with Gasteiger partial charge in [0.1, 0.15) is 0 Å². The van der Waals surface area contributed by atoms with E-state index in [2.05, 4.69) is 54.2 Å². The molecule has 0 amide bonds. The van der Waals surface area contributed by atoms with Crippen molar-refractivity contribution in [1.82, 2.24) is 0 Å². The molecule has 4 rings (SSSR count). The summed E-state index contributed by atoms with van der Waals surface area (Å²) in [5.41, 5.74) is 4.26. The van der Waals surface area contributed by atoms with Crippen molar-refractivity contribution in [2.24, 2.45) is 52.3 Å². The van der Waals surface area contributed by atoms with E-state index in [9.17, 15) is 5.11 Å². The van der Waals surface area contributed by atoms with Crippen molar-refractivity contribution in [3.8, 4) is 0 Å². The molecule has 4 aliphatic rings. The van der Waals surface area contributed by atoms with Crippen LogP contribution in [0.5, 0.6) is 0 Å². The first-order chi connectivity index (χ1) is 14.6. The monoisotopic (exact) mass is 426 g/mol. The lowest BCUT2D eigenvalue weighted by molar-refractivity contribution is -0.0428. The molecule has 1 N–H and O–H groups in total. The lowest BCUT2D eigenvalue weighted by Gasteiger charge is -2.57. The van der Waals surface area contributed by atoms with Crippen LogP contribution in [0.25, 0.3) is 0 Å². The first-order valence-electron chi connectivity index (χ1n) is 13.6. The summed E-state index contributed by atoms with van der Waals surface area (Å²) in [4.78, 5) is 0. The standard InChI is InChI=1S/C30H50O/c1-19(2)22(5)20(3)8-9-21(4)26-12-13-27-25-11-10-23-18-24(31)14-16-29(23,6)28(25)15-17-30(26,27)7/h11,19-21,23-24,26-28,31H,5,8-10,12-18H2,1-4,6-7H3/t20-,21+,23-,24-,26+,27?,28?,29-,30+/m0/s1. The third-order valence-electron chi connectivity index (χ3n) is 11.2. The maximum Gasteiger partial charge on any atom is 0.0543 e. The van der Waals surface area contributed by atoms with Crippen molar-refractivity contribution >= 4 is 0 Å². The summed E-state index contributed by atoms with van der Waals surface area (Å²) in [6.07, 6.45) is 15.5. The number of rotatable bonds is 6. The molecule has 0 aromatic heterocycles. The van der Waals surface area contributed by atoms with Gasteiger partial charge in [0.25, 0.3) is 0 Å². The van der Waals surface area contributed by atoms with Gasteiger partial charge in [0.15, 0.2) is 0 Å². The Morgan fingerprint density at radius 3 is 2.39 bits per heavy atom. The molecule has 0 aromatic rings. The molecule has 9 atom stereocenters. The van der Waals surface area contributed by atoms with Crippen LogP contribution in [0.1, 0.15) is 106 Å². The van der Waals surface area contributed by atoms with Gasteiger partial charge in [-0.1, -0.05) is 65.3 Å². The summed E-state index contributed by atoms with van der Waals surface area (Å²) in [6, 6.07) is 0. The minimum absolute atomic E-state index is 0.0484. The van der Waals surface area contributed by atoms with Crippen molar-refractivity contribution in [1.29, 1.82) is 0 Å². The van der Waals surface area contributed by atoms with E-state index in [0.29, 0.717) is 28.6 Å². The average Bonchev–Trinajstić information content (AvgIpc) is 3.09. The number of hydrogen-bond donors (Lipinski definition) is 1. The fourth-order valence-electron chi connectivity index (χ4n) is 8.93. The molecule has 0 heterocycles. The minimum Gasteiger partial charge on any atom is -0.393 e. The Morgan fingerprint density at radius 1 is 1.00 bits per heavy atom. The Bertz CT molecular complexity index is 703. The van der Waals surface area contributed by atoms with Crippen LogP contribution in [0.3, 0.4) is 0 Å². The topological polar surface area (TPSA) is 20.2 Å². The van der Waals surface area contributed by atoms with Gasteiger partial charge in [-0.25, -0.2) is 0 Å². The van der Waals surface area contributed by atoms with Crippen LogP contribution in [0.15, 0.2) is 23.8 Å². The molecule has 1 nitrogen and oxygen atoms in total. The van der Waals surface area contributed by atoms with E-state index >= 15 is 0 Å². The normalized spacial score (nSPS) is 44.1. The molecule has 0 spiro atoms. The zero-order valence-corrected chi connectivity index (χ0v) is 21.4. The molecule has 0 saturated heterocycles. The maximum absolute atomic E-state index is 10.3. The van der Waals surface area contributed by atoms with E-state index < -0.39 is 0 Å². The SMILES string of the molecule is C=C(C(C)C)[C@@H](C)CC[C@@H](C)[C@H]1CCC2C3=CC[C@H]4C[C@@H](O)CC[C@]4(C)C3CC[C@@]21C. The molecular weight excluding hydrogens is 376 g/mol. The Kier molecular flexibility index (Phi) is 6.59. The lowest BCUT2D eigenvalue weighted by atomic mass is 9.47. The predicted octanol–water partition coefficient (Wildman–Crippen LogP) is 8.19. The molecule has 0 aromatic carbocycles. The van der Waals surface area contributed by atoms with Crippen molar-refractivity contribution in [2.45, 2.75) is 112 Å². The highest BCUT2D eigenvalue weighted by Crippen LogP contribution is 2.67. The van der Waals surface area contributed by atoms with Crippen molar-refractivity contribution in [3.05, 3.63) is 23.8 Å². The molecule has 31 heavy (non-hydrogen) atoms. The molecule has 1 heteroatoms. The lowest BCUT2D eigenvalue weighted by Crippen LogP contribution is -2.49. The zero-order valence-electron chi connectivity index (χ0n) is 21.4. The van der Waals surface area contributed by atoms with Crippen molar-refractivity contribution < 1.29 is 5.11 Å². The Morgan fingerprint density at radius 2 is 1.68 bits per heavy atom. The molecule has 3 fully saturated rings. The van der Waals surface area contributed by atoms with Crippen LogP contribution in [0.2, 0.25) is 0 Å². The smallest absolute Gasteiger partial charge is 0.0543 e. The first-order valence-corrected chi connectivity index (χ1v) is 13.6. The Balaban J connectivity index is 1.46. The maximum atomic E-state index is 10.3. The van der Waals surface area contributed by atoms with Gasteiger partial charge in [0.2, 0.25) is 0 Å². The highest BCUT2D eigenvalue weighted by molar-refractivity contribution is 5.27. The molecule has 3 saturated carbocycles. The van der Waals surface area contributed by atoms with Gasteiger partial charge in [0, 0.05) is 0 Å². The van der Waals surface area contributed by atoms with Gasteiger partial charge in [-0.3, -0.25) is 0 Å². The summed E-state index contributed by atoms with van der Waals surface area (Å²) < 4.78 is 0. The van der Waals surface area contributed by atoms with E-state index in [1.165, 1.54) is 56.9 Å². The number of aliphatic hydroxyl groups excluding tert-OH is 1. The Hall–Kier alpha value is -0.560. The third-order valence-corrected chi connectivity index (χ3v) is 11.2. The highest BCUT2D eigenvalue weighted by Gasteiger charge is 2.58. The van der Waals surface area contributed by atoms with Crippen LogP contribution in [-0.4, -0.2) is 11.2 Å². The summed E-state index contributed by atoms with van der Waals surface area (Å²) in [7, 11) is 0. The number of allylic oxidation sites excluding steroid dienone is 3. The minimum atomic E-state index is -0.0484. The number of aliphatic hydroxyl groups is 1. The molecule has 0 aliphatic heterocycles. The van der Waals surface area contributed by atoms with Gasteiger partial charge < -0.3 is 5.11 Å². The van der Waals surface area contributed by atoms with E-state index in [1.807, 2.05) is 5.57 Å². The zero-order chi connectivity index (χ0) is 22.6. The van der Waals surface area contributed by atoms with E-state index in [0.717, 1.165) is 36.5 Å². The van der Waals surface area contributed by atoms with E-state index in [1.54, 1.807) is 0 Å². The average molecular weight is 427 g/mol. The van der Waals surface area contributed by atoms with Gasteiger partial charge >= 0.3 is 0 Å². The molecule has 176 valence electrons. The fourth-order valence-corrected chi connectivity index (χ4v) is 8.93. The van der Waals surface area contributed by atoms with Gasteiger partial charge in [-0.05, 0) is 116 Å². The molecule has 0 bridgehead atoms. The van der Waals surface area contributed by atoms with Crippen LogP contribution in [0, 0.1) is 52.3 Å². The second-order valence-electron chi connectivity index (χ2n) is 13.1. The quantitative estimate of drug-likeness (QED) is 0.424. The third kappa shape index (κ3) is 4.00. The highest BCUT2D eigenvalue weighted by atomic mass is 16.3. The van der Waals surface area contributed by atoms with Crippen LogP contribution in [0.4, 0.5) is 0 Å². The van der Waals surface area contributed by atoms with Gasteiger partial charge in [-0.15, -0.1) is 0 Å². The largest absolute Gasteiger partial charge is 0.393 e. The second kappa shape index (κ2) is 8.66. The van der Waals surface area contributed by atoms with Crippen LogP contribution in [-0.2, 0) is 0 Å². The van der Waals surface area contributed by atoms with Crippen molar-refractivity contribution in [2.75, 3.05) is 0 Å². The van der Waals surface area contributed by atoms with Gasteiger partial charge in [-0.2, -0.15) is 0 Å². The summed E-state index contributed by atoms with van der Waals surface area (Å²) >= 11 is 0. The first kappa shape index (κ1) is 23.6. The van der Waals surface area contributed by atoms with Crippen LogP contribution >= 0.6 is 0 Å². The molecule has 0 radical (unpaired) electrons. The fraction of sp³-hybridized carbons (Fsp3) is 0.867. The van der Waals surface area contributed by atoms with Gasteiger partial charge in [0.05, 0.1) is 6.10 Å². The molecule has 2 unspecified atom stereocenters. The van der Waals surface area contributed by atoms with Crippen molar-refractivity contribution in [3.63, 3.8) is 0 Å². The molecular formula is C30H50O. The summed E-state index contributed by atoms with van der Waals surface area (Å²) in [6.45, 7) is 19.2. The Labute approximate surface area is 193 Å². The summed E-state index contributed by atoms with van der Waals surface area (Å²) in [5.74, 6) is 5.30. The number of fused-ring (bicyclic) bond motifs is 5. The second-order valence-corrected chi connectivity index (χ2v) is 13.1. The summed E-state index contributed by atoms with van der Waals surface area (Å²) in [5, 5.41) is 10.3. The van der Waals surface area contributed by atoms with Crippen LogP contribution < -0.4 is 0 Å². The predicted molar refractivity (Wildman–Crippen MR) is 133 cm³/mol. The van der Waals surface area contributed by atoms with E-state index in [-0.39, 0.29) is 6.10 Å².